The molecule has 2 heterocycles. The van der Waals surface area contributed by atoms with E-state index in [4.69, 9.17) is 21.6 Å². The lowest BCUT2D eigenvalue weighted by atomic mass is 10.2. The fourth-order valence-corrected chi connectivity index (χ4v) is 4.98. The molecule has 0 unspecified atom stereocenters. The van der Waals surface area contributed by atoms with Crippen molar-refractivity contribution in [3.05, 3.63) is 125 Å². The van der Waals surface area contributed by atoms with Crippen LogP contribution in [0.5, 0.6) is 0 Å². The van der Waals surface area contributed by atoms with E-state index < -0.39 is 0 Å². The molecular weight excluding hydrogens is 488 g/mol. The molecule has 1 amide bonds. The van der Waals surface area contributed by atoms with Gasteiger partial charge < -0.3 is 4.98 Å². The molecule has 36 heavy (non-hydrogen) atoms. The highest BCUT2D eigenvalue weighted by Gasteiger charge is 2.34. The Labute approximate surface area is 217 Å². The van der Waals surface area contributed by atoms with Gasteiger partial charge in [-0.05, 0) is 54.1 Å². The van der Waals surface area contributed by atoms with Gasteiger partial charge in [-0.15, -0.1) is 0 Å². The molecular formula is C29H19ClN4OS. The van der Waals surface area contributed by atoms with Crippen LogP contribution in [0.25, 0.3) is 17.1 Å². The third kappa shape index (κ3) is 4.44. The lowest BCUT2D eigenvalue weighted by Crippen LogP contribution is -2.33. The number of aromatic amines is 1. The summed E-state index contributed by atoms with van der Waals surface area (Å²) in [7, 11) is 0. The Morgan fingerprint density at radius 1 is 0.833 bits per heavy atom. The number of amides is 1. The number of aliphatic imine (C=N–C) groups is 1. The molecule has 0 saturated carbocycles. The van der Waals surface area contributed by atoms with Crippen LogP contribution in [-0.4, -0.2) is 21.7 Å². The standard InChI is InChI=1S/C29H19ClN4OS/c30-21-13-11-19(12-14-21)17-26-28(35)34(27(31-26)20-7-3-1-4-8-20)29-32-24-16-15-23(18-25(24)33-29)36-22-9-5-2-6-10-22/h1-18H,(H,32,33)/b26-17+. The summed E-state index contributed by atoms with van der Waals surface area (Å²) in [6, 6.07) is 33.2. The first-order valence-corrected chi connectivity index (χ1v) is 12.5. The second-order valence-electron chi connectivity index (χ2n) is 8.18. The second-order valence-corrected chi connectivity index (χ2v) is 9.76. The number of hydrogen-bond acceptors (Lipinski definition) is 4. The van der Waals surface area contributed by atoms with Crippen LogP contribution in [0.4, 0.5) is 5.95 Å². The van der Waals surface area contributed by atoms with E-state index in [0.717, 1.165) is 32.0 Å². The molecule has 5 nitrogen and oxygen atoms in total. The van der Waals surface area contributed by atoms with Crippen molar-refractivity contribution in [1.29, 1.82) is 0 Å². The van der Waals surface area contributed by atoms with Gasteiger partial charge in [0.2, 0.25) is 5.95 Å². The average molecular weight is 507 g/mol. The maximum Gasteiger partial charge on any atom is 0.285 e. The number of hydrogen-bond donors (Lipinski definition) is 1. The number of H-pyrrole nitrogens is 1. The van der Waals surface area contributed by atoms with Crippen molar-refractivity contribution in [2.24, 2.45) is 4.99 Å². The molecule has 4 aromatic carbocycles. The first-order valence-electron chi connectivity index (χ1n) is 11.3. The van der Waals surface area contributed by atoms with Crippen molar-refractivity contribution < 1.29 is 4.79 Å². The fraction of sp³-hybridized carbons (Fsp3) is 0. The van der Waals surface area contributed by atoms with E-state index in [1.54, 1.807) is 34.9 Å². The summed E-state index contributed by atoms with van der Waals surface area (Å²) in [4.78, 5) is 30.2. The van der Waals surface area contributed by atoms with Crippen molar-refractivity contribution in [3.63, 3.8) is 0 Å². The molecule has 1 aliphatic heterocycles. The third-order valence-corrected chi connectivity index (χ3v) is 6.95. The van der Waals surface area contributed by atoms with Crippen LogP contribution in [0.2, 0.25) is 5.02 Å². The number of benzene rings is 4. The molecule has 0 spiro atoms. The lowest BCUT2D eigenvalue weighted by Gasteiger charge is -2.15. The monoisotopic (exact) mass is 506 g/mol. The van der Waals surface area contributed by atoms with E-state index in [2.05, 4.69) is 17.1 Å². The van der Waals surface area contributed by atoms with E-state index in [-0.39, 0.29) is 5.91 Å². The zero-order valence-electron chi connectivity index (χ0n) is 18.9. The summed E-state index contributed by atoms with van der Waals surface area (Å²) in [6.07, 6.45) is 1.76. The molecule has 7 heteroatoms. The fourth-order valence-electron chi connectivity index (χ4n) is 3.98. The van der Waals surface area contributed by atoms with Crippen LogP contribution in [-0.2, 0) is 4.79 Å². The number of anilines is 1. The second kappa shape index (κ2) is 9.49. The highest BCUT2D eigenvalue weighted by molar-refractivity contribution is 7.99. The molecule has 1 N–H and O–H groups in total. The Kier molecular flexibility index (Phi) is 5.89. The molecule has 0 bridgehead atoms. The highest BCUT2D eigenvalue weighted by atomic mass is 35.5. The van der Waals surface area contributed by atoms with Gasteiger partial charge in [-0.25, -0.2) is 14.9 Å². The molecule has 0 radical (unpaired) electrons. The highest BCUT2D eigenvalue weighted by Crippen LogP contribution is 2.32. The number of halogens is 1. The summed E-state index contributed by atoms with van der Waals surface area (Å²) in [5.74, 6) is 0.708. The van der Waals surface area contributed by atoms with Crippen molar-refractivity contribution in [1.82, 2.24) is 9.97 Å². The Hall–Kier alpha value is -4.13. The summed E-state index contributed by atoms with van der Waals surface area (Å²) in [5, 5.41) is 0.636. The van der Waals surface area contributed by atoms with Gasteiger partial charge in [0.1, 0.15) is 5.70 Å². The Bertz CT molecular complexity index is 1630. The minimum atomic E-state index is -0.248. The SMILES string of the molecule is O=C1/C(=C\c2ccc(Cl)cc2)N=C(c2ccccc2)N1c1nc2ccc(Sc3ccccc3)cc2[nH]1. The van der Waals surface area contributed by atoms with Gasteiger partial charge in [-0.1, -0.05) is 84.0 Å². The van der Waals surface area contributed by atoms with Crippen LogP contribution in [0.3, 0.4) is 0 Å². The van der Waals surface area contributed by atoms with Gasteiger partial charge in [0.05, 0.1) is 11.0 Å². The summed E-state index contributed by atoms with van der Waals surface area (Å²) in [6.45, 7) is 0. The van der Waals surface area contributed by atoms with Gasteiger partial charge in [0, 0.05) is 20.4 Å². The molecule has 5 aromatic rings. The number of amidine groups is 1. The molecule has 0 aliphatic carbocycles. The predicted molar refractivity (Wildman–Crippen MR) is 147 cm³/mol. The normalized spacial score (nSPS) is 14.6. The molecule has 6 rings (SSSR count). The Balaban J connectivity index is 1.39. The largest absolute Gasteiger partial charge is 0.323 e. The third-order valence-electron chi connectivity index (χ3n) is 5.70. The summed E-state index contributed by atoms with van der Waals surface area (Å²) in [5.41, 5.74) is 3.62. The molecule has 174 valence electrons. The first kappa shape index (κ1) is 22.3. The minimum absolute atomic E-state index is 0.248. The number of nitrogens with zero attached hydrogens (tertiary/aromatic N) is 3. The van der Waals surface area contributed by atoms with Crippen molar-refractivity contribution >= 4 is 58.2 Å². The molecule has 0 atom stereocenters. The summed E-state index contributed by atoms with van der Waals surface area (Å²) < 4.78 is 0. The Morgan fingerprint density at radius 2 is 1.56 bits per heavy atom. The van der Waals surface area contributed by atoms with Crippen LogP contribution in [0.1, 0.15) is 11.1 Å². The van der Waals surface area contributed by atoms with E-state index in [0.29, 0.717) is 22.5 Å². The number of aromatic nitrogens is 2. The summed E-state index contributed by atoms with van der Waals surface area (Å²) >= 11 is 7.70. The van der Waals surface area contributed by atoms with E-state index in [1.807, 2.05) is 78.9 Å². The molecule has 0 saturated heterocycles. The zero-order chi connectivity index (χ0) is 24.5. The van der Waals surface area contributed by atoms with Gasteiger partial charge in [-0.2, -0.15) is 0 Å². The van der Waals surface area contributed by atoms with Crippen LogP contribution in [0, 0.1) is 0 Å². The number of carbonyl (C=O) groups excluding carboxylic acids is 1. The topological polar surface area (TPSA) is 61.4 Å². The van der Waals surface area contributed by atoms with Crippen LogP contribution in [0.15, 0.2) is 124 Å². The van der Waals surface area contributed by atoms with E-state index >= 15 is 0 Å². The average Bonchev–Trinajstić information content (AvgIpc) is 3.46. The minimum Gasteiger partial charge on any atom is -0.323 e. The van der Waals surface area contributed by atoms with Crippen molar-refractivity contribution in [3.8, 4) is 0 Å². The van der Waals surface area contributed by atoms with E-state index in [9.17, 15) is 4.79 Å². The number of imidazole rings is 1. The predicted octanol–water partition coefficient (Wildman–Crippen LogP) is 7.20. The maximum absolute atomic E-state index is 13.6. The first-order chi connectivity index (χ1) is 17.6. The van der Waals surface area contributed by atoms with Crippen LogP contribution >= 0.6 is 23.4 Å². The van der Waals surface area contributed by atoms with Gasteiger partial charge >= 0.3 is 0 Å². The molecule has 1 aromatic heterocycles. The van der Waals surface area contributed by atoms with Crippen molar-refractivity contribution in [2.45, 2.75) is 9.79 Å². The quantitative estimate of drug-likeness (QED) is 0.256. The zero-order valence-corrected chi connectivity index (χ0v) is 20.5. The number of carbonyl (C=O) groups is 1. The van der Waals surface area contributed by atoms with Gasteiger partial charge in [-0.3, -0.25) is 4.79 Å². The number of rotatable bonds is 5. The Morgan fingerprint density at radius 3 is 2.31 bits per heavy atom. The van der Waals surface area contributed by atoms with E-state index in [1.165, 1.54) is 0 Å². The van der Waals surface area contributed by atoms with Gasteiger partial charge in [0.15, 0.2) is 5.84 Å². The molecule has 0 fully saturated rings. The number of nitrogens with one attached hydrogen (secondary N) is 1. The smallest absolute Gasteiger partial charge is 0.285 e. The number of fused-ring (bicyclic) bond motifs is 1. The van der Waals surface area contributed by atoms with Crippen molar-refractivity contribution in [2.75, 3.05) is 4.90 Å². The maximum atomic E-state index is 13.6. The lowest BCUT2D eigenvalue weighted by molar-refractivity contribution is -0.113. The van der Waals surface area contributed by atoms with Crippen LogP contribution < -0.4 is 4.90 Å². The van der Waals surface area contributed by atoms with Gasteiger partial charge in [0.25, 0.3) is 5.91 Å². The molecule has 1 aliphatic rings.